The van der Waals surface area contributed by atoms with Gasteiger partial charge in [0.05, 0.1) is 0 Å². The van der Waals surface area contributed by atoms with E-state index in [1.807, 2.05) is 12.1 Å². The van der Waals surface area contributed by atoms with E-state index < -0.39 is 0 Å². The first kappa shape index (κ1) is 27.7. The van der Waals surface area contributed by atoms with Crippen molar-refractivity contribution in [1.82, 2.24) is 0 Å². The second kappa shape index (κ2) is 11.1. The van der Waals surface area contributed by atoms with Gasteiger partial charge in [-0.3, -0.25) is 0 Å². The summed E-state index contributed by atoms with van der Waals surface area (Å²) in [4.78, 5) is 0. The van der Waals surface area contributed by atoms with E-state index in [4.69, 9.17) is 4.42 Å². The summed E-state index contributed by atoms with van der Waals surface area (Å²) < 4.78 is 6.23. The van der Waals surface area contributed by atoms with Gasteiger partial charge in [-0.25, -0.2) is 0 Å². The van der Waals surface area contributed by atoms with E-state index in [0.29, 0.717) is 0 Å². The third kappa shape index (κ3) is 4.55. The van der Waals surface area contributed by atoms with E-state index in [9.17, 15) is 0 Å². The molecule has 0 amide bonds. The third-order valence-electron chi connectivity index (χ3n) is 10.1. The number of fused-ring (bicyclic) bond motifs is 6. The van der Waals surface area contributed by atoms with Crippen LogP contribution in [0.15, 0.2) is 186 Å². The molecular formula is C48H30O. The Labute approximate surface area is 284 Å². The van der Waals surface area contributed by atoms with Crippen LogP contribution in [-0.2, 0) is 0 Å². The lowest BCUT2D eigenvalue weighted by Crippen LogP contribution is -1.92. The lowest BCUT2D eigenvalue weighted by atomic mass is 9.84. The summed E-state index contributed by atoms with van der Waals surface area (Å²) in [7, 11) is 0. The van der Waals surface area contributed by atoms with Crippen LogP contribution in [0.2, 0.25) is 0 Å². The predicted octanol–water partition coefficient (Wildman–Crippen LogP) is 13.7. The molecule has 49 heavy (non-hydrogen) atoms. The molecule has 0 aliphatic heterocycles. The normalized spacial score (nSPS) is 11.7. The van der Waals surface area contributed by atoms with Crippen LogP contribution in [0.5, 0.6) is 0 Å². The summed E-state index contributed by atoms with van der Waals surface area (Å²) in [5, 5.41) is 9.75. The maximum absolute atomic E-state index is 6.23. The van der Waals surface area contributed by atoms with Gasteiger partial charge in [0, 0.05) is 10.8 Å². The average Bonchev–Trinajstić information content (AvgIpc) is 3.55. The monoisotopic (exact) mass is 622 g/mol. The fourth-order valence-corrected chi connectivity index (χ4v) is 7.69. The molecule has 0 N–H and O–H groups in total. The lowest BCUT2D eigenvalue weighted by molar-refractivity contribution is 0.669. The third-order valence-corrected chi connectivity index (χ3v) is 10.1. The molecule has 0 radical (unpaired) electrons. The van der Waals surface area contributed by atoms with Crippen molar-refractivity contribution in [1.29, 1.82) is 0 Å². The highest BCUT2D eigenvalue weighted by molar-refractivity contribution is 6.22. The topological polar surface area (TPSA) is 13.1 Å². The van der Waals surface area contributed by atoms with E-state index in [1.54, 1.807) is 0 Å². The Morgan fingerprint density at radius 1 is 0.245 bits per heavy atom. The van der Waals surface area contributed by atoms with E-state index in [1.165, 1.54) is 76.8 Å². The maximum atomic E-state index is 6.23. The minimum absolute atomic E-state index is 0.909. The molecule has 10 aromatic rings. The fraction of sp³-hybridized carbons (Fsp3) is 0. The summed E-state index contributed by atoms with van der Waals surface area (Å²) in [5.41, 5.74) is 11.6. The molecule has 0 aliphatic rings. The van der Waals surface area contributed by atoms with Crippen LogP contribution in [0.1, 0.15) is 0 Å². The van der Waals surface area contributed by atoms with Crippen LogP contribution in [0.25, 0.3) is 98.8 Å². The van der Waals surface area contributed by atoms with E-state index in [-0.39, 0.29) is 0 Å². The molecule has 0 saturated heterocycles. The summed E-state index contributed by atoms with van der Waals surface area (Å²) in [6, 6.07) is 65.9. The first-order valence-electron chi connectivity index (χ1n) is 16.8. The van der Waals surface area contributed by atoms with Crippen LogP contribution in [0.4, 0.5) is 0 Å². The van der Waals surface area contributed by atoms with Crippen molar-refractivity contribution in [3.05, 3.63) is 182 Å². The van der Waals surface area contributed by atoms with E-state index in [0.717, 1.165) is 21.9 Å². The Bertz CT molecular complexity index is 2860. The first-order chi connectivity index (χ1) is 24.3. The Kier molecular flexibility index (Phi) is 6.25. The maximum Gasteiger partial charge on any atom is 0.135 e. The van der Waals surface area contributed by atoms with Gasteiger partial charge in [0.1, 0.15) is 11.2 Å². The lowest BCUT2D eigenvalue weighted by Gasteiger charge is -2.19. The minimum Gasteiger partial charge on any atom is -0.456 e. The standard InChI is InChI=1S/C48H30O/c1-2-10-31(11-3-1)37-24-26-42-44(29-37)48(38-25-27-46-43(30-38)39-14-8-9-17-45(39)49-46)41-16-7-6-15-40(41)47(42)34-21-18-33(19-22-34)36-23-20-32-12-4-5-13-35(32)28-36/h1-30H. The number of benzene rings is 9. The first-order valence-corrected chi connectivity index (χ1v) is 16.8. The van der Waals surface area contributed by atoms with E-state index >= 15 is 0 Å². The van der Waals surface area contributed by atoms with Crippen LogP contribution in [0.3, 0.4) is 0 Å². The van der Waals surface area contributed by atoms with Crippen LogP contribution < -0.4 is 0 Å². The number of para-hydroxylation sites is 1. The zero-order chi connectivity index (χ0) is 32.3. The zero-order valence-corrected chi connectivity index (χ0v) is 26.7. The highest BCUT2D eigenvalue weighted by Gasteiger charge is 2.19. The van der Waals surface area contributed by atoms with Crippen LogP contribution >= 0.6 is 0 Å². The van der Waals surface area contributed by atoms with Gasteiger partial charge in [0.2, 0.25) is 0 Å². The highest BCUT2D eigenvalue weighted by atomic mass is 16.3. The largest absolute Gasteiger partial charge is 0.456 e. The van der Waals surface area contributed by atoms with Crippen molar-refractivity contribution >= 4 is 54.3 Å². The second-order valence-electron chi connectivity index (χ2n) is 12.9. The molecule has 228 valence electrons. The van der Waals surface area contributed by atoms with Gasteiger partial charge in [0.15, 0.2) is 0 Å². The molecule has 10 rings (SSSR count). The molecule has 0 fully saturated rings. The molecule has 9 aromatic carbocycles. The number of hydrogen-bond acceptors (Lipinski definition) is 1. The summed E-state index contributed by atoms with van der Waals surface area (Å²) in [5.74, 6) is 0. The molecule has 0 bridgehead atoms. The van der Waals surface area contributed by atoms with Crippen molar-refractivity contribution in [2.24, 2.45) is 0 Å². The Balaban J connectivity index is 1.22. The van der Waals surface area contributed by atoms with Crippen LogP contribution in [-0.4, -0.2) is 0 Å². The minimum atomic E-state index is 0.909. The van der Waals surface area contributed by atoms with Crippen molar-refractivity contribution in [3.63, 3.8) is 0 Å². The van der Waals surface area contributed by atoms with Gasteiger partial charge < -0.3 is 4.42 Å². The summed E-state index contributed by atoms with van der Waals surface area (Å²) in [6.07, 6.45) is 0. The molecule has 1 heteroatoms. The Hall–Kier alpha value is -6.44. The predicted molar refractivity (Wildman–Crippen MR) is 208 cm³/mol. The van der Waals surface area contributed by atoms with Gasteiger partial charge in [-0.1, -0.05) is 152 Å². The van der Waals surface area contributed by atoms with Crippen molar-refractivity contribution < 1.29 is 4.42 Å². The average molecular weight is 623 g/mol. The van der Waals surface area contributed by atoms with Gasteiger partial charge in [-0.05, 0) is 107 Å². The van der Waals surface area contributed by atoms with Crippen LogP contribution in [0, 0.1) is 0 Å². The highest BCUT2D eigenvalue weighted by Crippen LogP contribution is 2.46. The molecule has 0 unspecified atom stereocenters. The van der Waals surface area contributed by atoms with Gasteiger partial charge in [-0.2, -0.15) is 0 Å². The van der Waals surface area contributed by atoms with Gasteiger partial charge in [0.25, 0.3) is 0 Å². The Morgan fingerprint density at radius 3 is 1.57 bits per heavy atom. The molecule has 1 aromatic heterocycles. The Morgan fingerprint density at radius 2 is 0.755 bits per heavy atom. The molecular weight excluding hydrogens is 593 g/mol. The van der Waals surface area contributed by atoms with Crippen molar-refractivity contribution in [2.45, 2.75) is 0 Å². The van der Waals surface area contributed by atoms with Gasteiger partial charge >= 0.3 is 0 Å². The zero-order valence-electron chi connectivity index (χ0n) is 26.7. The quantitative estimate of drug-likeness (QED) is 0.178. The molecule has 0 spiro atoms. The number of rotatable bonds is 4. The molecule has 0 saturated carbocycles. The molecule has 1 nitrogen and oxygen atoms in total. The molecule has 1 heterocycles. The second-order valence-corrected chi connectivity index (χ2v) is 12.9. The fourth-order valence-electron chi connectivity index (χ4n) is 7.69. The summed E-state index contributed by atoms with van der Waals surface area (Å²) in [6.45, 7) is 0. The molecule has 0 atom stereocenters. The number of furan rings is 1. The van der Waals surface area contributed by atoms with E-state index in [2.05, 4.69) is 170 Å². The van der Waals surface area contributed by atoms with Crippen molar-refractivity contribution in [2.75, 3.05) is 0 Å². The SMILES string of the molecule is c1ccc(-c2ccc3c(-c4ccc(-c5ccc6ccccc6c5)cc4)c4ccccc4c(-c4ccc5oc6ccccc6c5c4)c3c2)cc1. The van der Waals surface area contributed by atoms with Gasteiger partial charge in [-0.15, -0.1) is 0 Å². The number of hydrogen-bond donors (Lipinski definition) is 0. The molecule has 0 aliphatic carbocycles. The summed E-state index contributed by atoms with van der Waals surface area (Å²) >= 11 is 0. The smallest absolute Gasteiger partial charge is 0.135 e. The van der Waals surface area contributed by atoms with Crippen molar-refractivity contribution in [3.8, 4) is 44.5 Å².